The molecule has 1 saturated carbocycles. The van der Waals surface area contributed by atoms with E-state index in [0.717, 1.165) is 34.6 Å². The van der Waals surface area contributed by atoms with Crippen LogP contribution in [0.4, 0.5) is 4.39 Å². The van der Waals surface area contributed by atoms with Crippen molar-refractivity contribution >= 4 is 28.7 Å². The highest BCUT2D eigenvalue weighted by Gasteiger charge is 2.17. The minimum atomic E-state index is -0.207. The van der Waals surface area contributed by atoms with Gasteiger partial charge < -0.3 is 9.88 Å². The lowest BCUT2D eigenvalue weighted by atomic mass is 9.95. The molecule has 4 aromatic rings. The first kappa shape index (κ1) is 22.6. The molecule has 0 aliphatic heterocycles. The number of fused-ring (bicyclic) bond motifs is 1. The summed E-state index contributed by atoms with van der Waals surface area (Å²) in [6.07, 6.45) is 9.31. The van der Waals surface area contributed by atoms with Crippen molar-refractivity contribution in [2.75, 3.05) is 0 Å². The van der Waals surface area contributed by atoms with E-state index < -0.39 is 0 Å². The van der Waals surface area contributed by atoms with Gasteiger partial charge in [0, 0.05) is 23.6 Å². The molecular formula is C27H27FN4OS. The third kappa shape index (κ3) is 5.14. The third-order valence-corrected chi connectivity index (χ3v) is 7.35. The van der Waals surface area contributed by atoms with Crippen molar-refractivity contribution in [3.05, 3.63) is 89.5 Å². The molecule has 7 heteroatoms. The normalized spacial score (nSPS) is 14.4. The second kappa shape index (κ2) is 10.4. The van der Waals surface area contributed by atoms with Crippen molar-refractivity contribution in [2.45, 2.75) is 55.6 Å². The molecule has 2 aromatic heterocycles. The van der Waals surface area contributed by atoms with E-state index in [0.29, 0.717) is 29.5 Å². The maximum absolute atomic E-state index is 14.1. The summed E-state index contributed by atoms with van der Waals surface area (Å²) in [5, 5.41) is 3.98. The summed E-state index contributed by atoms with van der Waals surface area (Å²) < 4.78 is 16.2. The highest BCUT2D eigenvalue weighted by Crippen LogP contribution is 2.28. The molecule has 0 radical (unpaired) electrons. The number of hydrogen-bond acceptors (Lipinski definition) is 4. The monoisotopic (exact) mass is 474 g/mol. The molecule has 0 spiro atoms. The first-order valence-electron chi connectivity index (χ1n) is 11.7. The van der Waals surface area contributed by atoms with E-state index in [1.165, 1.54) is 37.1 Å². The molecule has 1 fully saturated rings. The number of rotatable bonds is 7. The smallest absolute Gasteiger partial charge is 0.251 e. The number of pyridine rings is 1. The Morgan fingerprint density at radius 1 is 1.06 bits per heavy atom. The fraction of sp³-hybridized carbons (Fsp3) is 0.296. The van der Waals surface area contributed by atoms with Crippen molar-refractivity contribution in [1.82, 2.24) is 19.9 Å². The van der Waals surface area contributed by atoms with Gasteiger partial charge >= 0.3 is 0 Å². The van der Waals surface area contributed by atoms with Crippen LogP contribution in [0.25, 0.3) is 11.0 Å². The Morgan fingerprint density at radius 3 is 2.65 bits per heavy atom. The topological polar surface area (TPSA) is 59.8 Å². The summed E-state index contributed by atoms with van der Waals surface area (Å²) in [7, 11) is 0. The number of carbonyl (C=O) groups is 1. The van der Waals surface area contributed by atoms with Crippen LogP contribution in [-0.4, -0.2) is 26.5 Å². The van der Waals surface area contributed by atoms with Crippen LogP contribution in [0.2, 0.25) is 0 Å². The van der Waals surface area contributed by atoms with Crippen molar-refractivity contribution in [2.24, 2.45) is 0 Å². The number of amides is 1. The van der Waals surface area contributed by atoms with Gasteiger partial charge in [0.2, 0.25) is 0 Å². The van der Waals surface area contributed by atoms with Gasteiger partial charge in [-0.1, -0.05) is 61.4 Å². The molecule has 0 saturated heterocycles. The summed E-state index contributed by atoms with van der Waals surface area (Å²) in [5.74, 6) is 0.280. The summed E-state index contributed by atoms with van der Waals surface area (Å²) in [6, 6.07) is 16.8. The molecule has 34 heavy (non-hydrogen) atoms. The van der Waals surface area contributed by atoms with Crippen molar-refractivity contribution in [3.63, 3.8) is 0 Å². The third-order valence-electron chi connectivity index (χ3n) is 6.33. The molecule has 1 N–H and O–H groups in total. The number of thioether (sulfide) groups is 1. The zero-order chi connectivity index (χ0) is 23.3. The van der Waals surface area contributed by atoms with E-state index in [9.17, 15) is 9.18 Å². The molecule has 5 rings (SSSR count). The lowest BCUT2D eigenvalue weighted by Gasteiger charge is -2.22. The van der Waals surface area contributed by atoms with Gasteiger partial charge in [-0.25, -0.2) is 9.37 Å². The van der Waals surface area contributed by atoms with Crippen LogP contribution in [0.5, 0.6) is 0 Å². The fourth-order valence-corrected chi connectivity index (χ4v) is 5.43. The van der Waals surface area contributed by atoms with Gasteiger partial charge in [0.1, 0.15) is 5.82 Å². The van der Waals surface area contributed by atoms with Crippen molar-refractivity contribution in [3.8, 4) is 0 Å². The number of nitrogens with zero attached hydrogens (tertiary/aromatic N) is 3. The first-order chi connectivity index (χ1) is 16.7. The van der Waals surface area contributed by atoms with E-state index in [4.69, 9.17) is 4.98 Å². The average Bonchev–Trinajstić information content (AvgIpc) is 3.22. The zero-order valence-corrected chi connectivity index (χ0v) is 19.7. The number of benzene rings is 2. The van der Waals surface area contributed by atoms with Gasteiger partial charge in [0.15, 0.2) is 5.16 Å². The van der Waals surface area contributed by atoms with E-state index in [2.05, 4.69) is 14.9 Å². The van der Waals surface area contributed by atoms with Gasteiger partial charge in [0.25, 0.3) is 5.91 Å². The molecule has 5 nitrogen and oxygen atoms in total. The number of imidazole rings is 1. The average molecular weight is 475 g/mol. The van der Waals surface area contributed by atoms with Crippen LogP contribution in [0.15, 0.2) is 72.1 Å². The highest BCUT2D eigenvalue weighted by molar-refractivity contribution is 7.98. The molecular weight excluding hydrogens is 447 g/mol. The van der Waals surface area contributed by atoms with Crippen molar-refractivity contribution < 1.29 is 9.18 Å². The van der Waals surface area contributed by atoms with Crippen LogP contribution in [0.1, 0.15) is 53.6 Å². The number of aromatic nitrogens is 3. The number of carbonyl (C=O) groups excluding carboxylic acids is 1. The standard InChI is InChI=1S/C27H27FN4OS/c28-23-9-5-4-6-21(23)18-34-27-31-24-14-15-29-16-25(24)32(27)17-19-10-12-20(13-11-19)26(33)30-22-7-2-1-3-8-22/h4-6,9-16,22H,1-3,7-8,17-18H2,(H,30,33). The van der Waals surface area contributed by atoms with Crippen LogP contribution in [0.3, 0.4) is 0 Å². The number of hydrogen-bond donors (Lipinski definition) is 1. The van der Waals surface area contributed by atoms with E-state index in [1.54, 1.807) is 18.3 Å². The second-order valence-electron chi connectivity index (χ2n) is 8.73. The quantitative estimate of drug-likeness (QED) is 0.335. The molecule has 0 unspecified atom stereocenters. The largest absolute Gasteiger partial charge is 0.349 e. The summed E-state index contributed by atoms with van der Waals surface area (Å²) in [4.78, 5) is 21.7. The van der Waals surface area contributed by atoms with Gasteiger partial charge in [0.05, 0.1) is 23.8 Å². The van der Waals surface area contributed by atoms with E-state index in [-0.39, 0.29) is 11.7 Å². The molecule has 174 valence electrons. The highest BCUT2D eigenvalue weighted by atomic mass is 32.2. The molecule has 2 aromatic carbocycles. The van der Waals surface area contributed by atoms with E-state index >= 15 is 0 Å². The summed E-state index contributed by atoms with van der Waals surface area (Å²) >= 11 is 1.51. The van der Waals surface area contributed by atoms with Gasteiger partial charge in [-0.15, -0.1) is 0 Å². The van der Waals surface area contributed by atoms with Crippen LogP contribution in [-0.2, 0) is 12.3 Å². The minimum absolute atomic E-state index is 0.00290. The zero-order valence-electron chi connectivity index (χ0n) is 18.9. The SMILES string of the molecule is O=C(NC1CCCCC1)c1ccc(Cn2c(SCc3ccccc3F)nc3ccncc32)cc1. The molecule has 1 aliphatic carbocycles. The Bertz CT molecular complexity index is 1280. The Labute approximate surface area is 202 Å². The molecule has 0 bridgehead atoms. The van der Waals surface area contributed by atoms with Crippen LogP contribution < -0.4 is 5.32 Å². The number of nitrogens with one attached hydrogen (secondary N) is 1. The predicted molar refractivity (Wildman–Crippen MR) is 133 cm³/mol. The maximum atomic E-state index is 14.1. The first-order valence-corrected chi connectivity index (χ1v) is 12.7. The Kier molecular flexibility index (Phi) is 6.90. The van der Waals surface area contributed by atoms with E-state index in [1.807, 2.05) is 42.6 Å². The summed E-state index contributed by atoms with van der Waals surface area (Å²) in [5.41, 5.74) is 4.18. The molecule has 1 amide bonds. The van der Waals surface area contributed by atoms with Gasteiger partial charge in [-0.2, -0.15) is 0 Å². The van der Waals surface area contributed by atoms with Crippen LogP contribution in [0, 0.1) is 5.82 Å². The fourth-order valence-electron chi connectivity index (χ4n) is 4.43. The Hall–Kier alpha value is -3.19. The Balaban J connectivity index is 1.33. The molecule has 1 aliphatic rings. The Morgan fingerprint density at radius 2 is 1.85 bits per heavy atom. The predicted octanol–water partition coefficient (Wildman–Crippen LogP) is 5.97. The lowest BCUT2D eigenvalue weighted by molar-refractivity contribution is 0.0927. The lowest BCUT2D eigenvalue weighted by Crippen LogP contribution is -2.36. The van der Waals surface area contributed by atoms with Crippen LogP contribution >= 0.6 is 11.8 Å². The summed E-state index contributed by atoms with van der Waals surface area (Å²) in [6.45, 7) is 0.590. The molecule has 2 heterocycles. The number of halogens is 1. The minimum Gasteiger partial charge on any atom is -0.349 e. The van der Waals surface area contributed by atoms with Gasteiger partial charge in [-0.05, 0) is 48.2 Å². The molecule has 0 atom stereocenters. The van der Waals surface area contributed by atoms with Gasteiger partial charge in [-0.3, -0.25) is 9.78 Å². The second-order valence-corrected chi connectivity index (χ2v) is 9.67. The van der Waals surface area contributed by atoms with Crippen molar-refractivity contribution in [1.29, 1.82) is 0 Å². The maximum Gasteiger partial charge on any atom is 0.251 e.